The largest absolute Gasteiger partial charge is 0.477 e. The van der Waals surface area contributed by atoms with Crippen molar-refractivity contribution in [2.45, 2.75) is 116 Å². The molecule has 45 heavy (non-hydrogen) atoms. The first-order chi connectivity index (χ1) is 21.6. The minimum absolute atomic E-state index is 0.138. The second kappa shape index (κ2) is 28.7. The molecule has 9 heteroatoms. The molecule has 0 heterocycles. The van der Waals surface area contributed by atoms with Crippen LogP contribution in [0.5, 0.6) is 0 Å². The van der Waals surface area contributed by atoms with Crippen LogP contribution in [0, 0.1) is 0 Å². The van der Waals surface area contributed by atoms with Crippen molar-refractivity contribution in [2.75, 3.05) is 47.5 Å². The van der Waals surface area contributed by atoms with Crippen LogP contribution in [0.4, 0.5) is 0 Å². The Balaban J connectivity index is 4.75. The van der Waals surface area contributed by atoms with Gasteiger partial charge >= 0.3 is 17.9 Å². The van der Waals surface area contributed by atoms with E-state index in [4.69, 9.17) is 18.9 Å². The summed E-state index contributed by atoms with van der Waals surface area (Å²) >= 11 is 0. The summed E-state index contributed by atoms with van der Waals surface area (Å²) in [4.78, 5) is 36.5. The molecule has 0 saturated heterocycles. The second-order valence-electron chi connectivity index (χ2n) is 12.1. The van der Waals surface area contributed by atoms with Crippen LogP contribution in [0.2, 0.25) is 0 Å². The van der Waals surface area contributed by atoms with Crippen molar-refractivity contribution in [3.63, 3.8) is 0 Å². The number of aliphatic carboxylic acids is 1. The van der Waals surface area contributed by atoms with E-state index in [0.717, 1.165) is 44.9 Å². The zero-order chi connectivity index (χ0) is 33.6. The van der Waals surface area contributed by atoms with Crippen LogP contribution in [0.3, 0.4) is 0 Å². The van der Waals surface area contributed by atoms with Gasteiger partial charge in [0, 0.05) is 12.8 Å². The minimum Gasteiger partial charge on any atom is -0.477 e. The van der Waals surface area contributed by atoms with Crippen LogP contribution in [0.15, 0.2) is 48.6 Å². The van der Waals surface area contributed by atoms with Crippen LogP contribution < -0.4 is 0 Å². The molecule has 2 unspecified atom stereocenters. The summed E-state index contributed by atoms with van der Waals surface area (Å²) in [5.41, 5.74) is 0. The molecule has 1 N–H and O–H groups in total. The maximum absolute atomic E-state index is 12.6. The molecule has 9 nitrogen and oxygen atoms in total. The normalized spacial score (nSPS) is 13.7. The SMILES string of the molecule is CC/C=C\C/C=C\C/C=C\C/C=C\CCC(=O)OC(COC(=O)CCCCCCCCC)COC(OCC[N+](C)(C)C)C(=O)O. The summed E-state index contributed by atoms with van der Waals surface area (Å²) < 4.78 is 22.4. The van der Waals surface area contributed by atoms with Crippen LogP contribution in [0.25, 0.3) is 0 Å². The molecule has 0 spiro atoms. The summed E-state index contributed by atoms with van der Waals surface area (Å²) in [6, 6.07) is 0. The van der Waals surface area contributed by atoms with Gasteiger partial charge in [0.1, 0.15) is 13.2 Å². The van der Waals surface area contributed by atoms with Crippen molar-refractivity contribution in [1.82, 2.24) is 0 Å². The highest BCUT2D eigenvalue weighted by Crippen LogP contribution is 2.10. The third kappa shape index (κ3) is 29.7. The molecule has 0 aliphatic heterocycles. The molecule has 0 amide bonds. The molecule has 258 valence electrons. The summed E-state index contributed by atoms with van der Waals surface area (Å²) in [5.74, 6) is -2.14. The first kappa shape index (κ1) is 42.2. The molecular formula is C36H62NO8+. The lowest BCUT2D eigenvalue weighted by Crippen LogP contribution is -2.40. The fraction of sp³-hybridized carbons (Fsp3) is 0.694. The summed E-state index contributed by atoms with van der Waals surface area (Å²) in [6.45, 7) is 4.57. The van der Waals surface area contributed by atoms with E-state index in [0.29, 0.717) is 17.4 Å². The van der Waals surface area contributed by atoms with Crippen LogP contribution in [0.1, 0.15) is 104 Å². The molecule has 0 radical (unpaired) electrons. The van der Waals surface area contributed by atoms with Gasteiger partial charge in [-0.05, 0) is 38.5 Å². The standard InChI is InChI=1S/C36H61NO8/c1-6-8-10-12-14-15-16-17-18-19-21-23-25-27-34(39)45-32(30-43-33(38)26-24-22-20-13-11-9-7-2)31-44-36(35(40)41)42-29-28-37(3,4)5/h8,10,14-15,17-18,21,23,32,36H,6-7,9,11-13,16,19-20,22,24-31H2,1-5H3/p+1/b10-8-,15-14-,18-17-,23-21-. The number of nitrogens with zero attached hydrogens (tertiary/aromatic N) is 1. The number of allylic oxidation sites excluding steroid dienone is 8. The molecule has 0 saturated carbocycles. The van der Waals surface area contributed by atoms with Gasteiger partial charge in [0.2, 0.25) is 0 Å². The van der Waals surface area contributed by atoms with Crippen molar-refractivity contribution in [3.05, 3.63) is 48.6 Å². The quantitative estimate of drug-likeness (QED) is 0.0299. The van der Waals surface area contributed by atoms with Crippen molar-refractivity contribution >= 4 is 17.9 Å². The molecule has 0 aromatic heterocycles. The number of carbonyl (C=O) groups excluding carboxylic acids is 2. The van der Waals surface area contributed by atoms with Gasteiger partial charge in [-0.1, -0.05) is 101 Å². The van der Waals surface area contributed by atoms with Gasteiger partial charge < -0.3 is 28.5 Å². The van der Waals surface area contributed by atoms with Crippen LogP contribution in [-0.4, -0.2) is 87.4 Å². The first-order valence-corrected chi connectivity index (χ1v) is 16.8. The van der Waals surface area contributed by atoms with E-state index in [-0.39, 0.29) is 38.6 Å². The Morgan fingerprint density at radius 3 is 1.84 bits per heavy atom. The number of carboxylic acids is 1. The molecule has 2 atom stereocenters. The predicted molar refractivity (Wildman–Crippen MR) is 180 cm³/mol. The smallest absolute Gasteiger partial charge is 0.361 e. The average molecular weight is 637 g/mol. The molecule has 0 aliphatic carbocycles. The molecule has 0 aromatic carbocycles. The minimum atomic E-state index is -1.52. The molecule has 0 aliphatic rings. The maximum Gasteiger partial charge on any atom is 0.361 e. The Morgan fingerprint density at radius 2 is 1.27 bits per heavy atom. The van der Waals surface area contributed by atoms with Gasteiger partial charge in [-0.15, -0.1) is 0 Å². The maximum atomic E-state index is 12.6. The van der Waals surface area contributed by atoms with E-state index in [9.17, 15) is 19.5 Å². The van der Waals surface area contributed by atoms with E-state index in [1.165, 1.54) is 25.7 Å². The van der Waals surface area contributed by atoms with Crippen LogP contribution >= 0.6 is 0 Å². The Morgan fingerprint density at radius 1 is 0.689 bits per heavy atom. The van der Waals surface area contributed by atoms with E-state index in [1.54, 1.807) is 0 Å². The third-order valence-corrected chi connectivity index (χ3v) is 6.61. The van der Waals surface area contributed by atoms with Gasteiger partial charge in [0.15, 0.2) is 6.10 Å². The fourth-order valence-corrected chi connectivity index (χ4v) is 3.96. The van der Waals surface area contributed by atoms with Crippen molar-refractivity contribution in [1.29, 1.82) is 0 Å². The number of hydrogen-bond donors (Lipinski definition) is 1. The number of hydrogen-bond acceptors (Lipinski definition) is 7. The van der Waals surface area contributed by atoms with Crippen molar-refractivity contribution in [3.8, 4) is 0 Å². The lowest BCUT2D eigenvalue weighted by molar-refractivity contribution is -0.870. The first-order valence-electron chi connectivity index (χ1n) is 16.8. The van der Waals surface area contributed by atoms with Crippen LogP contribution in [-0.2, 0) is 33.3 Å². The fourth-order valence-electron chi connectivity index (χ4n) is 3.96. The molecular weight excluding hydrogens is 574 g/mol. The molecule has 0 rings (SSSR count). The number of carboxylic acid groups (broad SMARTS) is 1. The van der Waals surface area contributed by atoms with Gasteiger partial charge in [-0.3, -0.25) is 9.59 Å². The highest BCUT2D eigenvalue weighted by Gasteiger charge is 2.24. The summed E-state index contributed by atoms with van der Waals surface area (Å²) in [6.07, 6.45) is 26.4. The lowest BCUT2D eigenvalue weighted by atomic mass is 10.1. The highest BCUT2D eigenvalue weighted by molar-refractivity contribution is 5.71. The van der Waals surface area contributed by atoms with Gasteiger partial charge in [0.25, 0.3) is 6.29 Å². The number of ether oxygens (including phenoxy) is 4. The number of carbonyl (C=O) groups is 3. The Labute approximate surface area is 272 Å². The Hall–Kier alpha value is -2.75. The number of unbranched alkanes of at least 4 members (excludes halogenated alkanes) is 6. The topological polar surface area (TPSA) is 108 Å². The van der Waals surface area contributed by atoms with E-state index < -0.39 is 24.3 Å². The average Bonchev–Trinajstić information content (AvgIpc) is 2.98. The monoisotopic (exact) mass is 636 g/mol. The zero-order valence-corrected chi connectivity index (χ0v) is 28.8. The molecule has 0 aromatic rings. The van der Waals surface area contributed by atoms with E-state index >= 15 is 0 Å². The van der Waals surface area contributed by atoms with E-state index in [1.807, 2.05) is 33.3 Å². The predicted octanol–water partition coefficient (Wildman–Crippen LogP) is 7.32. The third-order valence-electron chi connectivity index (χ3n) is 6.61. The number of esters is 2. The van der Waals surface area contributed by atoms with Gasteiger partial charge in [0.05, 0.1) is 34.4 Å². The van der Waals surface area contributed by atoms with Crippen molar-refractivity contribution in [2.24, 2.45) is 0 Å². The number of quaternary nitrogens is 1. The van der Waals surface area contributed by atoms with E-state index in [2.05, 4.69) is 50.3 Å². The molecule has 0 bridgehead atoms. The summed E-state index contributed by atoms with van der Waals surface area (Å²) in [5, 5.41) is 9.52. The molecule has 0 fully saturated rings. The highest BCUT2D eigenvalue weighted by atomic mass is 16.7. The van der Waals surface area contributed by atoms with Gasteiger partial charge in [-0.25, -0.2) is 4.79 Å². The number of rotatable bonds is 29. The van der Waals surface area contributed by atoms with Crippen molar-refractivity contribution < 1.29 is 42.9 Å². The zero-order valence-electron chi connectivity index (χ0n) is 28.8. The lowest BCUT2D eigenvalue weighted by Gasteiger charge is -2.25. The second-order valence-corrected chi connectivity index (χ2v) is 12.1. The number of likely N-dealkylation sites (N-methyl/N-ethyl adjacent to an activating group) is 1. The Kier molecular flexibility index (Phi) is 27.0. The Bertz CT molecular complexity index is 888. The van der Waals surface area contributed by atoms with Gasteiger partial charge in [-0.2, -0.15) is 0 Å². The summed E-state index contributed by atoms with van der Waals surface area (Å²) in [7, 11) is 5.90.